The highest BCUT2D eigenvalue weighted by atomic mass is 15.1. The molecule has 108 valence electrons. The number of nitrogens with one attached hydrogen (secondary N) is 2. The molecule has 0 fully saturated rings. The first-order valence-corrected chi connectivity index (χ1v) is 7.45. The fourth-order valence-corrected chi connectivity index (χ4v) is 2.01. The van der Waals surface area contributed by atoms with Crippen molar-refractivity contribution in [3.63, 3.8) is 0 Å². The van der Waals surface area contributed by atoms with Crippen LogP contribution >= 0.6 is 0 Å². The van der Waals surface area contributed by atoms with Gasteiger partial charge in [0.05, 0.1) is 23.8 Å². The van der Waals surface area contributed by atoms with Crippen LogP contribution < -0.4 is 10.6 Å². The molecule has 2 N–H and O–H groups in total. The van der Waals surface area contributed by atoms with Gasteiger partial charge in [0.25, 0.3) is 0 Å². The van der Waals surface area contributed by atoms with Gasteiger partial charge in [0.15, 0.2) is 0 Å². The molecule has 0 spiro atoms. The molecule has 1 aromatic rings. The first-order chi connectivity index (χ1) is 9.30. The van der Waals surface area contributed by atoms with Crippen molar-refractivity contribution < 1.29 is 0 Å². The zero-order valence-corrected chi connectivity index (χ0v) is 12.6. The maximum atomic E-state index is 4.25. The Morgan fingerprint density at radius 2 is 1.63 bits per heavy atom. The maximum Gasteiger partial charge on any atom is 0.0547 e. The highest BCUT2D eigenvalue weighted by Gasteiger charge is 2.00. The van der Waals surface area contributed by atoms with Crippen molar-refractivity contribution in [2.45, 2.75) is 33.6 Å². The van der Waals surface area contributed by atoms with Gasteiger partial charge in [-0.2, -0.15) is 0 Å². The lowest BCUT2D eigenvalue weighted by atomic mass is 10.3. The summed E-state index contributed by atoms with van der Waals surface area (Å²) in [6.07, 6.45) is 6.09. The normalized spacial score (nSPS) is 10.7. The molecule has 0 aliphatic heterocycles. The first kappa shape index (κ1) is 15.8. The van der Waals surface area contributed by atoms with E-state index in [9.17, 15) is 0 Å². The molecule has 1 aromatic heterocycles. The van der Waals surface area contributed by atoms with Crippen LogP contribution in [0.5, 0.6) is 0 Å². The standard InChI is InChI=1S/C15H28N4/c1-4-7-17-14-11-15(13-16-12-14)18-8-10-19(6-3)9-5-2/h11-13,17-18H,4-10H2,1-3H3. The molecular weight excluding hydrogens is 236 g/mol. The van der Waals surface area contributed by atoms with Gasteiger partial charge in [0.1, 0.15) is 0 Å². The second kappa shape index (κ2) is 9.62. The van der Waals surface area contributed by atoms with E-state index >= 15 is 0 Å². The van der Waals surface area contributed by atoms with E-state index in [2.05, 4.69) is 47.4 Å². The zero-order valence-electron chi connectivity index (χ0n) is 12.6. The minimum Gasteiger partial charge on any atom is -0.384 e. The van der Waals surface area contributed by atoms with Crippen molar-refractivity contribution in [1.82, 2.24) is 9.88 Å². The van der Waals surface area contributed by atoms with Crippen LogP contribution in [0.2, 0.25) is 0 Å². The Labute approximate surface area is 117 Å². The molecule has 0 bridgehead atoms. The summed E-state index contributed by atoms with van der Waals surface area (Å²) in [7, 11) is 0. The first-order valence-electron chi connectivity index (χ1n) is 7.45. The Morgan fingerprint density at radius 1 is 0.947 bits per heavy atom. The molecule has 0 amide bonds. The fraction of sp³-hybridized carbons (Fsp3) is 0.667. The molecule has 4 heteroatoms. The lowest BCUT2D eigenvalue weighted by molar-refractivity contribution is 0.300. The average Bonchev–Trinajstić information content (AvgIpc) is 2.44. The predicted molar refractivity (Wildman–Crippen MR) is 83.9 cm³/mol. The number of aromatic nitrogens is 1. The van der Waals surface area contributed by atoms with Crippen molar-refractivity contribution in [3.8, 4) is 0 Å². The Balaban J connectivity index is 2.35. The second-order valence-electron chi connectivity index (χ2n) is 4.75. The minimum absolute atomic E-state index is 0.965. The Kier molecular flexibility index (Phi) is 7.98. The third kappa shape index (κ3) is 6.43. The number of pyridine rings is 1. The van der Waals surface area contributed by atoms with Crippen molar-refractivity contribution in [1.29, 1.82) is 0 Å². The van der Waals surface area contributed by atoms with Crippen LogP contribution in [-0.2, 0) is 0 Å². The summed E-state index contributed by atoms with van der Waals surface area (Å²) in [5.74, 6) is 0. The highest BCUT2D eigenvalue weighted by Crippen LogP contribution is 2.12. The number of hydrogen-bond donors (Lipinski definition) is 2. The van der Waals surface area contributed by atoms with E-state index < -0.39 is 0 Å². The SMILES string of the molecule is CCCNc1cncc(NCCN(CC)CCC)c1. The monoisotopic (exact) mass is 264 g/mol. The second-order valence-corrected chi connectivity index (χ2v) is 4.75. The van der Waals surface area contributed by atoms with Crippen LogP contribution in [0, 0.1) is 0 Å². The minimum atomic E-state index is 0.965. The van der Waals surface area contributed by atoms with Gasteiger partial charge in [0, 0.05) is 19.6 Å². The summed E-state index contributed by atoms with van der Waals surface area (Å²) >= 11 is 0. The van der Waals surface area contributed by atoms with Gasteiger partial charge in [-0.05, 0) is 32.0 Å². The quantitative estimate of drug-likeness (QED) is 0.681. The van der Waals surface area contributed by atoms with Crippen molar-refractivity contribution in [2.75, 3.05) is 43.4 Å². The molecule has 0 aliphatic rings. The molecule has 0 atom stereocenters. The van der Waals surface area contributed by atoms with E-state index in [1.54, 1.807) is 0 Å². The van der Waals surface area contributed by atoms with Crippen molar-refractivity contribution in [3.05, 3.63) is 18.5 Å². The van der Waals surface area contributed by atoms with Crippen LogP contribution in [0.4, 0.5) is 11.4 Å². The summed E-state index contributed by atoms with van der Waals surface area (Å²) in [6, 6.07) is 2.12. The van der Waals surface area contributed by atoms with E-state index in [0.717, 1.165) is 44.0 Å². The van der Waals surface area contributed by atoms with E-state index in [4.69, 9.17) is 0 Å². The summed E-state index contributed by atoms with van der Waals surface area (Å²) in [5, 5.41) is 6.79. The van der Waals surface area contributed by atoms with E-state index in [1.807, 2.05) is 12.4 Å². The molecular formula is C15H28N4. The lowest BCUT2D eigenvalue weighted by Gasteiger charge is -2.19. The van der Waals surface area contributed by atoms with Gasteiger partial charge in [-0.15, -0.1) is 0 Å². The predicted octanol–water partition coefficient (Wildman–Crippen LogP) is 3.05. The molecule has 0 unspecified atom stereocenters. The molecule has 4 nitrogen and oxygen atoms in total. The van der Waals surface area contributed by atoms with Crippen LogP contribution in [-0.4, -0.2) is 42.6 Å². The summed E-state index contributed by atoms with van der Waals surface area (Å²) in [6.45, 7) is 11.9. The van der Waals surface area contributed by atoms with E-state index in [1.165, 1.54) is 13.0 Å². The molecule has 0 aliphatic carbocycles. The van der Waals surface area contributed by atoms with E-state index in [0.29, 0.717) is 0 Å². The third-order valence-electron chi connectivity index (χ3n) is 3.06. The van der Waals surface area contributed by atoms with Gasteiger partial charge in [-0.3, -0.25) is 4.98 Å². The van der Waals surface area contributed by atoms with Gasteiger partial charge >= 0.3 is 0 Å². The number of likely N-dealkylation sites (N-methyl/N-ethyl adjacent to an activating group) is 1. The highest BCUT2D eigenvalue weighted by molar-refractivity contribution is 5.53. The summed E-state index contributed by atoms with van der Waals surface area (Å²) in [5.41, 5.74) is 2.18. The molecule has 0 radical (unpaired) electrons. The number of anilines is 2. The summed E-state index contributed by atoms with van der Waals surface area (Å²) < 4.78 is 0. The van der Waals surface area contributed by atoms with Crippen LogP contribution in [0.1, 0.15) is 33.6 Å². The molecule has 0 saturated carbocycles. The van der Waals surface area contributed by atoms with Crippen LogP contribution in [0.3, 0.4) is 0 Å². The molecule has 1 rings (SSSR count). The maximum absolute atomic E-state index is 4.25. The lowest BCUT2D eigenvalue weighted by Crippen LogP contribution is -2.29. The Morgan fingerprint density at radius 3 is 2.21 bits per heavy atom. The van der Waals surface area contributed by atoms with Crippen LogP contribution in [0.25, 0.3) is 0 Å². The van der Waals surface area contributed by atoms with Crippen molar-refractivity contribution >= 4 is 11.4 Å². The largest absolute Gasteiger partial charge is 0.384 e. The van der Waals surface area contributed by atoms with E-state index in [-0.39, 0.29) is 0 Å². The molecule has 1 heterocycles. The molecule has 19 heavy (non-hydrogen) atoms. The van der Waals surface area contributed by atoms with Gasteiger partial charge in [-0.25, -0.2) is 0 Å². The average molecular weight is 264 g/mol. The van der Waals surface area contributed by atoms with Crippen LogP contribution in [0.15, 0.2) is 18.5 Å². The third-order valence-corrected chi connectivity index (χ3v) is 3.06. The summed E-state index contributed by atoms with van der Waals surface area (Å²) in [4.78, 5) is 6.71. The Hall–Kier alpha value is -1.29. The van der Waals surface area contributed by atoms with Gasteiger partial charge in [-0.1, -0.05) is 20.8 Å². The zero-order chi connectivity index (χ0) is 13.9. The topological polar surface area (TPSA) is 40.2 Å². The fourth-order valence-electron chi connectivity index (χ4n) is 2.01. The smallest absolute Gasteiger partial charge is 0.0547 e. The Bertz CT molecular complexity index is 341. The number of nitrogens with zero attached hydrogens (tertiary/aromatic N) is 2. The number of hydrogen-bond acceptors (Lipinski definition) is 4. The van der Waals surface area contributed by atoms with Gasteiger partial charge < -0.3 is 15.5 Å². The molecule has 0 saturated heterocycles. The number of rotatable bonds is 10. The van der Waals surface area contributed by atoms with Gasteiger partial charge in [0.2, 0.25) is 0 Å². The van der Waals surface area contributed by atoms with Crippen molar-refractivity contribution in [2.24, 2.45) is 0 Å². The molecule has 0 aromatic carbocycles.